The zero-order valence-corrected chi connectivity index (χ0v) is 9.68. The van der Waals surface area contributed by atoms with E-state index >= 15 is 0 Å². The minimum atomic E-state index is -0.170. The van der Waals surface area contributed by atoms with E-state index in [-0.39, 0.29) is 5.91 Å². The monoisotopic (exact) mass is 226 g/mol. The highest BCUT2D eigenvalue weighted by molar-refractivity contribution is 5.99. The number of nitrogens with zero attached hydrogens (tertiary/aromatic N) is 1. The van der Waals surface area contributed by atoms with Gasteiger partial charge >= 0.3 is 0 Å². The van der Waals surface area contributed by atoms with Gasteiger partial charge in [0.15, 0.2) is 0 Å². The zero-order valence-electron chi connectivity index (χ0n) is 9.68. The molecule has 86 valence electrons. The molecule has 1 N–H and O–H groups in total. The minimum absolute atomic E-state index is 0.170. The molecule has 0 saturated heterocycles. The van der Waals surface area contributed by atoms with Crippen molar-refractivity contribution < 1.29 is 4.79 Å². The van der Waals surface area contributed by atoms with Crippen LogP contribution in [-0.2, 0) is 11.2 Å². The SMILES string of the molecule is CC=CC=CC(=O)Nc1ccc(CC#N)cc1. The van der Waals surface area contributed by atoms with Crippen molar-refractivity contribution in [3.05, 3.63) is 54.1 Å². The van der Waals surface area contributed by atoms with E-state index < -0.39 is 0 Å². The van der Waals surface area contributed by atoms with Gasteiger partial charge in [-0.25, -0.2) is 0 Å². The number of anilines is 1. The Kier molecular flexibility index (Phi) is 5.26. The van der Waals surface area contributed by atoms with Gasteiger partial charge in [0, 0.05) is 11.8 Å². The van der Waals surface area contributed by atoms with Crippen LogP contribution in [0.2, 0.25) is 0 Å². The number of benzene rings is 1. The van der Waals surface area contributed by atoms with Crippen LogP contribution in [0.1, 0.15) is 12.5 Å². The lowest BCUT2D eigenvalue weighted by Gasteiger charge is -2.02. The van der Waals surface area contributed by atoms with Crippen molar-refractivity contribution in [2.75, 3.05) is 5.32 Å². The first kappa shape index (κ1) is 12.7. The Morgan fingerprint density at radius 2 is 2.06 bits per heavy atom. The van der Waals surface area contributed by atoms with Gasteiger partial charge in [-0.05, 0) is 24.6 Å². The first-order chi connectivity index (χ1) is 8.26. The largest absolute Gasteiger partial charge is 0.323 e. The first-order valence-electron chi connectivity index (χ1n) is 5.32. The maximum Gasteiger partial charge on any atom is 0.248 e. The van der Waals surface area contributed by atoms with E-state index in [4.69, 9.17) is 5.26 Å². The number of amides is 1. The molecule has 1 aromatic carbocycles. The maximum atomic E-state index is 11.4. The van der Waals surface area contributed by atoms with Gasteiger partial charge < -0.3 is 5.32 Å². The molecule has 0 heterocycles. The van der Waals surface area contributed by atoms with Crippen LogP contribution >= 0.6 is 0 Å². The molecule has 0 aromatic heterocycles. The second-order valence-corrected chi connectivity index (χ2v) is 3.41. The third-order valence-corrected chi connectivity index (χ3v) is 2.06. The highest BCUT2D eigenvalue weighted by Crippen LogP contribution is 2.09. The molecule has 0 fully saturated rings. The fraction of sp³-hybridized carbons (Fsp3) is 0.143. The molecule has 0 spiro atoms. The van der Waals surface area contributed by atoms with E-state index in [1.165, 1.54) is 6.08 Å². The van der Waals surface area contributed by atoms with E-state index in [1.54, 1.807) is 24.3 Å². The van der Waals surface area contributed by atoms with Crippen LogP contribution in [0.25, 0.3) is 0 Å². The van der Waals surface area contributed by atoms with Crippen LogP contribution in [-0.4, -0.2) is 5.91 Å². The molecule has 0 bridgehead atoms. The summed E-state index contributed by atoms with van der Waals surface area (Å²) < 4.78 is 0. The first-order valence-corrected chi connectivity index (χ1v) is 5.32. The van der Waals surface area contributed by atoms with Crippen LogP contribution in [0.15, 0.2) is 48.6 Å². The molecule has 0 atom stereocenters. The van der Waals surface area contributed by atoms with Gasteiger partial charge in [0.2, 0.25) is 5.91 Å². The quantitative estimate of drug-likeness (QED) is 0.634. The molecular weight excluding hydrogens is 212 g/mol. The third-order valence-electron chi connectivity index (χ3n) is 2.06. The van der Waals surface area contributed by atoms with E-state index in [0.717, 1.165) is 11.3 Å². The molecule has 1 aromatic rings. The predicted octanol–water partition coefficient (Wildman–Crippen LogP) is 2.82. The van der Waals surface area contributed by atoms with Crippen molar-refractivity contribution in [3.63, 3.8) is 0 Å². The number of nitriles is 1. The number of hydrogen-bond donors (Lipinski definition) is 1. The average Bonchev–Trinajstić information content (AvgIpc) is 2.32. The highest BCUT2D eigenvalue weighted by atomic mass is 16.1. The lowest BCUT2D eigenvalue weighted by Crippen LogP contribution is -2.07. The molecule has 1 rings (SSSR count). The number of carbonyl (C=O) groups excluding carboxylic acids is 1. The van der Waals surface area contributed by atoms with Gasteiger partial charge in [0.1, 0.15) is 0 Å². The molecule has 3 nitrogen and oxygen atoms in total. The molecule has 0 radical (unpaired) electrons. The Hall–Kier alpha value is -2.34. The summed E-state index contributed by atoms with van der Waals surface area (Å²) in [5, 5.41) is 11.2. The second kappa shape index (κ2) is 7.02. The van der Waals surface area contributed by atoms with Crippen LogP contribution in [0.3, 0.4) is 0 Å². The summed E-state index contributed by atoms with van der Waals surface area (Å²) in [6.45, 7) is 1.89. The average molecular weight is 226 g/mol. The van der Waals surface area contributed by atoms with Gasteiger partial charge in [-0.15, -0.1) is 0 Å². The molecule has 3 heteroatoms. The van der Waals surface area contributed by atoms with Gasteiger partial charge in [-0.2, -0.15) is 5.26 Å². The third kappa shape index (κ3) is 4.80. The Labute approximate surface area is 101 Å². The van der Waals surface area contributed by atoms with Crippen LogP contribution < -0.4 is 5.32 Å². The standard InChI is InChI=1S/C14H14N2O/c1-2-3-4-5-14(17)16-13-8-6-12(7-9-13)10-11-15/h2-9H,10H2,1H3,(H,16,17). The number of nitrogens with one attached hydrogen (secondary N) is 1. The molecule has 0 saturated carbocycles. The van der Waals surface area contributed by atoms with Crippen LogP contribution in [0.5, 0.6) is 0 Å². The molecule has 0 unspecified atom stereocenters. The molecule has 17 heavy (non-hydrogen) atoms. The number of hydrogen-bond acceptors (Lipinski definition) is 2. The predicted molar refractivity (Wildman–Crippen MR) is 68.3 cm³/mol. The molecule has 0 aliphatic rings. The lowest BCUT2D eigenvalue weighted by molar-refractivity contribution is -0.111. The van der Waals surface area contributed by atoms with E-state index in [0.29, 0.717) is 6.42 Å². The summed E-state index contributed by atoms with van der Waals surface area (Å²) in [5.41, 5.74) is 1.66. The Balaban J connectivity index is 2.57. The van der Waals surface area contributed by atoms with Crippen molar-refractivity contribution in [2.45, 2.75) is 13.3 Å². The molecule has 0 aliphatic heterocycles. The maximum absolute atomic E-state index is 11.4. The fourth-order valence-electron chi connectivity index (χ4n) is 1.24. The Morgan fingerprint density at radius 3 is 2.65 bits per heavy atom. The molecule has 0 aliphatic carbocycles. The minimum Gasteiger partial charge on any atom is -0.323 e. The Morgan fingerprint density at radius 1 is 1.35 bits per heavy atom. The zero-order chi connectivity index (χ0) is 12.5. The van der Waals surface area contributed by atoms with E-state index in [9.17, 15) is 4.79 Å². The molecule has 1 amide bonds. The number of carbonyl (C=O) groups is 1. The second-order valence-electron chi connectivity index (χ2n) is 3.41. The van der Waals surface area contributed by atoms with Gasteiger partial charge in [0.05, 0.1) is 12.5 Å². The van der Waals surface area contributed by atoms with Crippen LogP contribution in [0.4, 0.5) is 5.69 Å². The summed E-state index contributed by atoms with van der Waals surface area (Å²) in [6.07, 6.45) is 7.16. The van der Waals surface area contributed by atoms with Gasteiger partial charge in [-0.1, -0.05) is 30.4 Å². The van der Waals surface area contributed by atoms with Crippen molar-refractivity contribution in [1.29, 1.82) is 5.26 Å². The van der Waals surface area contributed by atoms with Gasteiger partial charge in [0.25, 0.3) is 0 Å². The summed E-state index contributed by atoms with van der Waals surface area (Å²) in [7, 11) is 0. The normalized spacial score (nSPS) is 10.6. The summed E-state index contributed by atoms with van der Waals surface area (Å²) in [5.74, 6) is -0.170. The van der Waals surface area contributed by atoms with E-state index in [2.05, 4.69) is 11.4 Å². The van der Waals surface area contributed by atoms with Crippen molar-refractivity contribution >= 4 is 11.6 Å². The number of allylic oxidation sites excluding steroid dienone is 3. The fourth-order valence-corrected chi connectivity index (χ4v) is 1.24. The summed E-state index contributed by atoms with van der Waals surface area (Å²) in [6, 6.07) is 9.30. The van der Waals surface area contributed by atoms with Crippen molar-refractivity contribution in [1.82, 2.24) is 0 Å². The summed E-state index contributed by atoms with van der Waals surface area (Å²) in [4.78, 5) is 11.4. The number of rotatable bonds is 4. The molecular formula is C14H14N2O. The van der Waals surface area contributed by atoms with Crippen molar-refractivity contribution in [2.24, 2.45) is 0 Å². The Bertz CT molecular complexity index is 464. The van der Waals surface area contributed by atoms with Gasteiger partial charge in [-0.3, -0.25) is 4.79 Å². The smallest absolute Gasteiger partial charge is 0.248 e. The highest BCUT2D eigenvalue weighted by Gasteiger charge is 1.97. The van der Waals surface area contributed by atoms with Crippen molar-refractivity contribution in [3.8, 4) is 6.07 Å². The topological polar surface area (TPSA) is 52.9 Å². The van der Waals surface area contributed by atoms with E-state index in [1.807, 2.05) is 25.1 Å². The van der Waals surface area contributed by atoms with Crippen LogP contribution in [0, 0.1) is 11.3 Å². The summed E-state index contributed by atoms with van der Waals surface area (Å²) >= 11 is 0. The lowest BCUT2D eigenvalue weighted by atomic mass is 10.1.